The molecule has 3 heterocycles. The van der Waals surface area contributed by atoms with Gasteiger partial charge in [0.15, 0.2) is 0 Å². The molecule has 1 fully saturated rings. The largest absolute Gasteiger partial charge is 0.375 e. The molecule has 1 amide bonds. The van der Waals surface area contributed by atoms with Gasteiger partial charge in [-0.15, -0.1) is 11.3 Å². The molecule has 0 aromatic carbocycles. The SMILES string of the molecule is C[C@@H]1CN(C(=O)Cc2csc(-c3ccsc3)n2)[C@@H](C)CO1. The van der Waals surface area contributed by atoms with Crippen molar-refractivity contribution in [1.29, 1.82) is 0 Å². The molecule has 2 aromatic heterocycles. The molecule has 3 rings (SSSR count). The lowest BCUT2D eigenvalue weighted by molar-refractivity contribution is -0.142. The quantitative estimate of drug-likeness (QED) is 0.872. The van der Waals surface area contributed by atoms with Crippen LogP contribution in [0.25, 0.3) is 10.6 Å². The minimum atomic E-state index is 0.113. The minimum Gasteiger partial charge on any atom is -0.375 e. The van der Waals surface area contributed by atoms with Crippen molar-refractivity contribution in [3.05, 3.63) is 27.9 Å². The van der Waals surface area contributed by atoms with Gasteiger partial charge in [-0.25, -0.2) is 4.98 Å². The predicted molar refractivity (Wildman–Crippen MR) is 85.7 cm³/mol. The van der Waals surface area contributed by atoms with Gasteiger partial charge in [0.25, 0.3) is 0 Å². The van der Waals surface area contributed by atoms with Crippen LogP contribution in [0.4, 0.5) is 0 Å². The third-order valence-electron chi connectivity index (χ3n) is 3.58. The molecule has 0 N–H and O–H groups in total. The van der Waals surface area contributed by atoms with Crippen LogP contribution in [0.3, 0.4) is 0 Å². The number of hydrogen-bond acceptors (Lipinski definition) is 5. The Morgan fingerprint density at radius 3 is 3.10 bits per heavy atom. The summed E-state index contributed by atoms with van der Waals surface area (Å²) < 4.78 is 5.57. The van der Waals surface area contributed by atoms with Gasteiger partial charge in [-0.05, 0) is 25.3 Å². The lowest BCUT2D eigenvalue weighted by Crippen LogP contribution is -2.50. The summed E-state index contributed by atoms with van der Waals surface area (Å²) in [6, 6.07) is 2.20. The van der Waals surface area contributed by atoms with Crippen molar-refractivity contribution in [1.82, 2.24) is 9.88 Å². The molecule has 1 aliphatic heterocycles. The fraction of sp³-hybridized carbons (Fsp3) is 0.467. The Hall–Kier alpha value is -1.24. The highest BCUT2D eigenvalue weighted by Crippen LogP contribution is 2.26. The second-order valence-corrected chi connectivity index (χ2v) is 7.01. The lowest BCUT2D eigenvalue weighted by atomic mass is 10.2. The number of ether oxygens (including phenoxy) is 1. The molecular formula is C15H18N2O2S2. The molecule has 6 heteroatoms. The Bertz CT molecular complexity index is 609. The first-order valence-electron chi connectivity index (χ1n) is 7.01. The first kappa shape index (κ1) is 14.7. The number of amides is 1. The van der Waals surface area contributed by atoms with Gasteiger partial charge in [0.1, 0.15) is 5.01 Å². The van der Waals surface area contributed by atoms with Crippen molar-refractivity contribution >= 4 is 28.6 Å². The first-order valence-corrected chi connectivity index (χ1v) is 8.84. The van der Waals surface area contributed by atoms with Crippen molar-refractivity contribution in [3.8, 4) is 10.6 Å². The average molecular weight is 322 g/mol. The summed E-state index contributed by atoms with van der Waals surface area (Å²) in [4.78, 5) is 18.9. The number of aromatic nitrogens is 1. The molecule has 21 heavy (non-hydrogen) atoms. The zero-order valence-electron chi connectivity index (χ0n) is 12.1. The summed E-state index contributed by atoms with van der Waals surface area (Å²) in [5.41, 5.74) is 2.00. The van der Waals surface area contributed by atoms with E-state index in [2.05, 4.69) is 16.4 Å². The van der Waals surface area contributed by atoms with Gasteiger partial charge in [-0.2, -0.15) is 11.3 Å². The van der Waals surface area contributed by atoms with Crippen molar-refractivity contribution in [2.24, 2.45) is 0 Å². The van der Waals surface area contributed by atoms with Crippen LogP contribution in [-0.2, 0) is 16.0 Å². The van der Waals surface area contributed by atoms with Crippen molar-refractivity contribution < 1.29 is 9.53 Å². The Morgan fingerprint density at radius 2 is 2.33 bits per heavy atom. The fourth-order valence-corrected chi connectivity index (χ4v) is 3.95. The van der Waals surface area contributed by atoms with E-state index in [0.717, 1.165) is 16.3 Å². The molecule has 0 saturated carbocycles. The molecule has 0 radical (unpaired) electrons. The van der Waals surface area contributed by atoms with Gasteiger partial charge in [0.2, 0.25) is 5.91 Å². The van der Waals surface area contributed by atoms with E-state index in [0.29, 0.717) is 19.6 Å². The maximum Gasteiger partial charge on any atom is 0.229 e. The second kappa shape index (κ2) is 6.25. The highest BCUT2D eigenvalue weighted by Gasteiger charge is 2.27. The molecule has 0 aliphatic carbocycles. The predicted octanol–water partition coefficient (Wildman–Crippen LogP) is 3.05. The smallest absolute Gasteiger partial charge is 0.229 e. The van der Waals surface area contributed by atoms with Crippen LogP contribution in [0.1, 0.15) is 19.5 Å². The number of carbonyl (C=O) groups excluding carboxylic acids is 1. The van der Waals surface area contributed by atoms with Gasteiger partial charge < -0.3 is 9.64 Å². The van der Waals surface area contributed by atoms with E-state index in [1.807, 2.05) is 29.5 Å². The van der Waals surface area contributed by atoms with Gasteiger partial charge in [-0.3, -0.25) is 4.79 Å². The molecule has 4 nitrogen and oxygen atoms in total. The van der Waals surface area contributed by atoms with Gasteiger partial charge in [0, 0.05) is 22.9 Å². The molecule has 1 aliphatic rings. The molecule has 112 valence electrons. The van der Waals surface area contributed by atoms with Crippen LogP contribution in [0.2, 0.25) is 0 Å². The topological polar surface area (TPSA) is 42.4 Å². The molecule has 0 unspecified atom stereocenters. The number of rotatable bonds is 3. The summed E-state index contributed by atoms with van der Waals surface area (Å²) >= 11 is 3.26. The number of hydrogen-bond donors (Lipinski definition) is 0. The van der Waals surface area contributed by atoms with E-state index in [4.69, 9.17) is 4.74 Å². The molecular weight excluding hydrogens is 304 g/mol. The standard InChI is InChI=1S/C15H18N2O2S2/c1-10-7-19-11(2)6-17(10)14(18)5-13-9-21-15(16-13)12-3-4-20-8-12/h3-4,8-11H,5-7H2,1-2H3/t10-,11+/m0/s1. The summed E-state index contributed by atoms with van der Waals surface area (Å²) in [6.07, 6.45) is 0.486. The van der Waals surface area contributed by atoms with Crippen molar-refractivity contribution in [2.45, 2.75) is 32.4 Å². The number of morpholine rings is 1. The Labute approximate surface area is 132 Å². The van der Waals surface area contributed by atoms with Crippen LogP contribution in [0.5, 0.6) is 0 Å². The zero-order valence-corrected chi connectivity index (χ0v) is 13.7. The third-order valence-corrected chi connectivity index (χ3v) is 5.20. The van der Waals surface area contributed by atoms with Crippen LogP contribution in [0, 0.1) is 0 Å². The summed E-state index contributed by atoms with van der Waals surface area (Å²) in [5.74, 6) is 0.139. The maximum absolute atomic E-state index is 12.5. The van der Waals surface area contributed by atoms with Gasteiger partial charge >= 0.3 is 0 Å². The highest BCUT2D eigenvalue weighted by molar-refractivity contribution is 7.14. The molecule has 2 aromatic rings. The minimum absolute atomic E-state index is 0.113. The van der Waals surface area contributed by atoms with Crippen molar-refractivity contribution in [2.75, 3.05) is 13.2 Å². The zero-order chi connectivity index (χ0) is 14.8. The van der Waals surface area contributed by atoms with Crippen LogP contribution in [-0.4, -0.2) is 41.1 Å². The average Bonchev–Trinajstić information content (AvgIpc) is 3.11. The molecule has 2 atom stereocenters. The number of thiophene rings is 1. The van der Waals surface area contributed by atoms with Gasteiger partial charge in [0.05, 0.1) is 30.9 Å². The van der Waals surface area contributed by atoms with E-state index in [1.54, 1.807) is 22.7 Å². The Balaban J connectivity index is 1.67. The third kappa shape index (κ3) is 3.33. The van der Waals surface area contributed by atoms with Crippen molar-refractivity contribution in [3.63, 3.8) is 0 Å². The lowest BCUT2D eigenvalue weighted by Gasteiger charge is -2.36. The first-order chi connectivity index (χ1) is 10.1. The van der Waals surface area contributed by atoms with E-state index in [-0.39, 0.29) is 18.1 Å². The van der Waals surface area contributed by atoms with Gasteiger partial charge in [-0.1, -0.05) is 0 Å². The molecule has 0 bridgehead atoms. The second-order valence-electron chi connectivity index (χ2n) is 5.37. The van der Waals surface area contributed by atoms with E-state index >= 15 is 0 Å². The van der Waals surface area contributed by atoms with Crippen LogP contribution >= 0.6 is 22.7 Å². The Kier molecular flexibility index (Phi) is 4.37. The summed E-state index contributed by atoms with van der Waals surface area (Å²) in [6.45, 7) is 5.32. The fourth-order valence-electron chi connectivity index (χ4n) is 2.41. The van der Waals surface area contributed by atoms with Crippen LogP contribution in [0.15, 0.2) is 22.2 Å². The number of nitrogens with zero attached hydrogens (tertiary/aromatic N) is 2. The summed E-state index contributed by atoms with van der Waals surface area (Å²) in [7, 11) is 0. The van der Waals surface area contributed by atoms with E-state index in [9.17, 15) is 4.79 Å². The normalized spacial score (nSPS) is 22.5. The monoisotopic (exact) mass is 322 g/mol. The Morgan fingerprint density at radius 1 is 1.48 bits per heavy atom. The van der Waals surface area contributed by atoms with Crippen LogP contribution < -0.4 is 0 Å². The maximum atomic E-state index is 12.5. The number of thiazole rings is 1. The van der Waals surface area contributed by atoms with E-state index < -0.39 is 0 Å². The van der Waals surface area contributed by atoms with E-state index in [1.165, 1.54) is 0 Å². The number of carbonyl (C=O) groups is 1. The summed E-state index contributed by atoms with van der Waals surface area (Å²) in [5, 5.41) is 7.09. The molecule has 0 spiro atoms. The highest BCUT2D eigenvalue weighted by atomic mass is 32.1. The molecule has 1 saturated heterocycles.